The molecule has 0 aliphatic heterocycles. The van der Waals surface area contributed by atoms with E-state index in [2.05, 4.69) is 20.0 Å². The first-order valence-corrected chi connectivity index (χ1v) is 14.8. The Morgan fingerprint density at radius 3 is 2.56 bits per heavy atom. The molecule has 2 heterocycles. The van der Waals surface area contributed by atoms with Gasteiger partial charge in [0.15, 0.2) is 0 Å². The van der Waals surface area contributed by atoms with Crippen LogP contribution in [-0.4, -0.2) is 71.2 Å². The number of sulfonamides is 1. The summed E-state index contributed by atoms with van der Waals surface area (Å²) in [7, 11) is -2.22. The molecule has 218 valence electrons. The molecule has 0 radical (unpaired) electrons. The van der Waals surface area contributed by atoms with Crippen molar-refractivity contribution >= 4 is 26.9 Å². The van der Waals surface area contributed by atoms with E-state index in [9.17, 15) is 13.2 Å². The molecule has 11 nitrogen and oxygen atoms in total. The van der Waals surface area contributed by atoms with E-state index >= 15 is 0 Å². The van der Waals surface area contributed by atoms with Crippen molar-refractivity contribution in [2.75, 3.05) is 20.2 Å². The van der Waals surface area contributed by atoms with Crippen molar-refractivity contribution in [1.82, 2.24) is 29.6 Å². The molecule has 4 aromatic rings. The SMILES string of the molecule is COc1ccc(Cn2cc(CCN(C[C@@H](C)NS(=O)(=O)c3ccc4cnccc4c3)C(=O)OC(C)(C)C)nn2)cc1. The largest absolute Gasteiger partial charge is 0.497 e. The zero-order chi connectivity index (χ0) is 29.6. The summed E-state index contributed by atoms with van der Waals surface area (Å²) >= 11 is 0. The lowest BCUT2D eigenvalue weighted by Gasteiger charge is -2.29. The number of fused-ring (bicyclic) bond motifs is 1. The van der Waals surface area contributed by atoms with Gasteiger partial charge >= 0.3 is 6.09 Å². The number of nitrogens with one attached hydrogen (secondary N) is 1. The summed E-state index contributed by atoms with van der Waals surface area (Å²) in [6.45, 7) is 7.98. The van der Waals surface area contributed by atoms with Crippen LogP contribution >= 0.6 is 0 Å². The zero-order valence-electron chi connectivity index (χ0n) is 23.9. The molecule has 1 atom stereocenters. The molecule has 41 heavy (non-hydrogen) atoms. The van der Waals surface area contributed by atoms with Crippen molar-refractivity contribution in [3.63, 3.8) is 0 Å². The lowest BCUT2D eigenvalue weighted by Crippen LogP contribution is -2.46. The van der Waals surface area contributed by atoms with Crippen LogP contribution in [0.2, 0.25) is 0 Å². The minimum Gasteiger partial charge on any atom is -0.497 e. The highest BCUT2D eigenvalue weighted by molar-refractivity contribution is 7.89. The third kappa shape index (κ3) is 8.48. The Labute approximate surface area is 240 Å². The van der Waals surface area contributed by atoms with Crippen LogP contribution in [-0.2, 0) is 27.7 Å². The highest BCUT2D eigenvalue weighted by atomic mass is 32.2. The van der Waals surface area contributed by atoms with Crippen LogP contribution in [0, 0.1) is 0 Å². The fraction of sp³-hybridized carbons (Fsp3) is 0.379. The molecule has 0 aliphatic rings. The number of carbonyl (C=O) groups is 1. The highest BCUT2D eigenvalue weighted by Crippen LogP contribution is 2.19. The van der Waals surface area contributed by atoms with E-state index in [1.807, 2.05) is 30.5 Å². The van der Waals surface area contributed by atoms with Crippen LogP contribution in [0.4, 0.5) is 4.79 Å². The number of nitrogens with zero attached hydrogens (tertiary/aromatic N) is 5. The number of ether oxygens (including phenoxy) is 2. The van der Waals surface area contributed by atoms with Crippen LogP contribution in [0.25, 0.3) is 10.8 Å². The Kier molecular flexibility index (Phi) is 9.24. The van der Waals surface area contributed by atoms with E-state index in [-0.39, 0.29) is 18.0 Å². The van der Waals surface area contributed by atoms with Gasteiger partial charge in [-0.3, -0.25) is 4.98 Å². The molecule has 2 aromatic heterocycles. The number of benzene rings is 2. The number of aromatic nitrogens is 4. The number of hydrogen-bond acceptors (Lipinski definition) is 8. The number of hydrogen-bond donors (Lipinski definition) is 1. The topological polar surface area (TPSA) is 129 Å². The van der Waals surface area contributed by atoms with Crippen LogP contribution in [0.15, 0.2) is 72.0 Å². The first-order chi connectivity index (χ1) is 19.4. The second-order valence-corrected chi connectivity index (χ2v) is 12.6. The summed E-state index contributed by atoms with van der Waals surface area (Å²) in [6, 6.07) is 13.7. The van der Waals surface area contributed by atoms with E-state index < -0.39 is 27.8 Å². The van der Waals surface area contributed by atoms with Crippen LogP contribution in [0.3, 0.4) is 0 Å². The van der Waals surface area contributed by atoms with Crippen molar-refractivity contribution in [2.24, 2.45) is 0 Å². The van der Waals surface area contributed by atoms with Crippen molar-refractivity contribution in [1.29, 1.82) is 0 Å². The molecule has 2 aromatic carbocycles. The van der Waals surface area contributed by atoms with Gasteiger partial charge in [-0.1, -0.05) is 23.4 Å². The Bertz CT molecular complexity index is 1580. The van der Waals surface area contributed by atoms with E-state index in [1.165, 1.54) is 4.90 Å². The maximum Gasteiger partial charge on any atom is 0.410 e. The summed E-state index contributed by atoms with van der Waals surface area (Å²) in [4.78, 5) is 18.8. The maximum atomic E-state index is 13.1. The molecular formula is C29H36N6O5S. The first-order valence-electron chi connectivity index (χ1n) is 13.3. The van der Waals surface area contributed by atoms with Crippen molar-refractivity contribution < 1.29 is 22.7 Å². The van der Waals surface area contributed by atoms with E-state index in [0.29, 0.717) is 18.7 Å². The van der Waals surface area contributed by atoms with Gasteiger partial charge in [0, 0.05) is 49.5 Å². The summed E-state index contributed by atoms with van der Waals surface area (Å²) in [5.41, 5.74) is 1.03. The molecule has 12 heteroatoms. The zero-order valence-corrected chi connectivity index (χ0v) is 24.8. The molecule has 0 saturated heterocycles. The Morgan fingerprint density at radius 2 is 1.85 bits per heavy atom. The molecule has 0 fully saturated rings. The third-order valence-corrected chi connectivity index (χ3v) is 7.74. The number of carbonyl (C=O) groups excluding carboxylic acids is 1. The van der Waals surface area contributed by atoms with Gasteiger partial charge in [-0.2, -0.15) is 0 Å². The van der Waals surface area contributed by atoms with Gasteiger partial charge in [-0.05, 0) is 69.0 Å². The van der Waals surface area contributed by atoms with Crippen LogP contribution in [0.5, 0.6) is 5.75 Å². The number of methoxy groups -OCH3 is 1. The number of rotatable bonds is 11. The molecule has 0 saturated carbocycles. The summed E-state index contributed by atoms with van der Waals surface area (Å²) < 4.78 is 41.5. The van der Waals surface area contributed by atoms with Gasteiger partial charge in [0.05, 0.1) is 24.2 Å². The average molecular weight is 581 g/mol. The lowest BCUT2D eigenvalue weighted by molar-refractivity contribution is 0.0240. The van der Waals surface area contributed by atoms with E-state index in [4.69, 9.17) is 9.47 Å². The molecular weight excluding hydrogens is 544 g/mol. The summed E-state index contributed by atoms with van der Waals surface area (Å²) in [5, 5.41) is 10.1. The quantitative estimate of drug-likeness (QED) is 0.282. The smallest absolute Gasteiger partial charge is 0.410 e. The molecule has 0 bridgehead atoms. The fourth-order valence-electron chi connectivity index (χ4n) is 4.21. The van der Waals surface area contributed by atoms with Gasteiger partial charge in [0.1, 0.15) is 11.4 Å². The molecule has 1 N–H and O–H groups in total. The maximum absolute atomic E-state index is 13.1. The minimum absolute atomic E-state index is 0.103. The van der Waals surface area contributed by atoms with Gasteiger partial charge < -0.3 is 14.4 Å². The molecule has 0 spiro atoms. The molecule has 0 unspecified atom stereocenters. The molecule has 1 amide bonds. The first kappa shape index (κ1) is 29.9. The fourth-order valence-corrected chi connectivity index (χ4v) is 5.48. The highest BCUT2D eigenvalue weighted by Gasteiger charge is 2.26. The van der Waals surface area contributed by atoms with Crippen LogP contribution in [0.1, 0.15) is 39.0 Å². The normalized spacial score (nSPS) is 12.7. The second kappa shape index (κ2) is 12.6. The molecule has 4 rings (SSSR count). The van der Waals surface area contributed by atoms with Gasteiger partial charge in [-0.15, -0.1) is 5.10 Å². The van der Waals surface area contributed by atoms with Crippen molar-refractivity contribution in [3.8, 4) is 5.75 Å². The standard InChI is InChI=1S/C29H36N6O5S/c1-21(32-41(37,38)27-11-8-24-17-30-14-12-23(24)16-27)18-34(28(36)40-29(2,3)4)15-13-25-20-35(33-31-25)19-22-6-9-26(39-5)10-7-22/h6-12,14,16-17,20-21,32H,13,15,18-19H2,1-5H3/t21-/m1/s1. The van der Waals surface area contributed by atoms with Crippen molar-refractivity contribution in [2.45, 2.75) is 57.2 Å². The van der Waals surface area contributed by atoms with Crippen molar-refractivity contribution in [3.05, 3.63) is 78.4 Å². The van der Waals surface area contributed by atoms with Gasteiger partial charge in [-0.25, -0.2) is 22.6 Å². The van der Waals surface area contributed by atoms with Crippen LogP contribution < -0.4 is 9.46 Å². The Balaban J connectivity index is 1.41. The minimum atomic E-state index is -3.84. The van der Waals surface area contributed by atoms with Gasteiger partial charge in [0.25, 0.3) is 0 Å². The van der Waals surface area contributed by atoms with Gasteiger partial charge in [0.2, 0.25) is 10.0 Å². The lowest BCUT2D eigenvalue weighted by atomic mass is 10.2. The Hall–Kier alpha value is -4.03. The molecule has 0 aliphatic carbocycles. The predicted molar refractivity (Wildman–Crippen MR) is 155 cm³/mol. The predicted octanol–water partition coefficient (Wildman–Crippen LogP) is 4.03. The monoisotopic (exact) mass is 580 g/mol. The summed E-state index contributed by atoms with van der Waals surface area (Å²) in [6.07, 6.45) is 5.01. The van der Waals surface area contributed by atoms with E-state index in [0.717, 1.165) is 22.1 Å². The van der Waals surface area contributed by atoms with E-state index in [1.54, 1.807) is 76.1 Å². The third-order valence-electron chi connectivity index (χ3n) is 6.15. The number of amides is 1. The Morgan fingerprint density at radius 1 is 1.10 bits per heavy atom. The summed E-state index contributed by atoms with van der Waals surface area (Å²) in [5.74, 6) is 0.779. The average Bonchev–Trinajstić information content (AvgIpc) is 3.37. The second-order valence-electron chi connectivity index (χ2n) is 10.8. The number of pyridine rings is 1.